The molecule has 1 saturated heterocycles. The van der Waals surface area contributed by atoms with E-state index in [2.05, 4.69) is 11.6 Å². The van der Waals surface area contributed by atoms with Gasteiger partial charge in [-0.2, -0.15) is 0 Å². The van der Waals surface area contributed by atoms with E-state index in [9.17, 15) is 0 Å². The van der Waals surface area contributed by atoms with Crippen LogP contribution in [0.4, 0.5) is 5.69 Å². The zero-order valence-corrected chi connectivity index (χ0v) is 13.7. The fourth-order valence-electron chi connectivity index (χ4n) is 2.53. The molecule has 0 bridgehead atoms. The van der Waals surface area contributed by atoms with Gasteiger partial charge >= 0.3 is 0 Å². The van der Waals surface area contributed by atoms with Crippen LogP contribution in [0.5, 0.6) is 0 Å². The summed E-state index contributed by atoms with van der Waals surface area (Å²) in [6, 6.07) is 8.42. The number of hydrogen-bond donors (Lipinski definition) is 1. The molecule has 1 aliphatic heterocycles. The molecule has 3 atom stereocenters. The summed E-state index contributed by atoms with van der Waals surface area (Å²) in [7, 11) is 3.74. The van der Waals surface area contributed by atoms with E-state index in [1.807, 2.05) is 35.1 Å². The van der Waals surface area contributed by atoms with Crippen molar-refractivity contribution in [2.24, 2.45) is 10.9 Å². The molecule has 3 unspecified atom stereocenters. The predicted octanol–water partition coefficient (Wildman–Crippen LogP) is 4.90. The Morgan fingerprint density at radius 2 is 2.00 bits per heavy atom. The second-order valence-corrected chi connectivity index (χ2v) is 7.62. The van der Waals surface area contributed by atoms with Gasteiger partial charge in [0.15, 0.2) is 0 Å². The van der Waals surface area contributed by atoms with Crippen LogP contribution in [0.25, 0.3) is 0 Å². The van der Waals surface area contributed by atoms with Crippen LogP contribution in [0, 0.1) is 5.92 Å². The lowest BCUT2D eigenvalue weighted by Gasteiger charge is -2.30. The van der Waals surface area contributed by atoms with Gasteiger partial charge in [0.2, 0.25) is 0 Å². The van der Waals surface area contributed by atoms with Gasteiger partial charge in [-0.05, 0) is 47.6 Å². The predicted molar refractivity (Wildman–Crippen MR) is 90.1 cm³/mol. The Hall–Kier alpha value is 0.130. The van der Waals surface area contributed by atoms with E-state index in [0.717, 1.165) is 23.6 Å². The molecule has 2 nitrogen and oxygen atoms in total. The van der Waals surface area contributed by atoms with E-state index in [4.69, 9.17) is 16.6 Å². The van der Waals surface area contributed by atoms with Crippen molar-refractivity contribution in [3.63, 3.8) is 0 Å². The number of aliphatic imine (C=N–C) groups is 1. The second kappa shape index (κ2) is 6.72. The Morgan fingerprint density at radius 3 is 2.74 bits per heavy atom. The normalized spacial score (nSPS) is 31.9. The monoisotopic (exact) mass is 334 g/mol. The summed E-state index contributed by atoms with van der Waals surface area (Å²) in [5.41, 5.74) is 2.34. The number of nitrogens with one attached hydrogen (secondary N) is 1. The molecule has 6 heteroatoms. The van der Waals surface area contributed by atoms with Gasteiger partial charge in [-0.25, -0.2) is 0 Å². The largest absolute Gasteiger partial charge is 0.258 e. The summed E-state index contributed by atoms with van der Waals surface area (Å²) in [4.78, 5) is 4.78. The highest BCUT2D eigenvalue weighted by atomic mass is 35.5. The van der Waals surface area contributed by atoms with Gasteiger partial charge < -0.3 is 0 Å². The van der Waals surface area contributed by atoms with Crippen LogP contribution in [0.2, 0.25) is 5.02 Å². The van der Waals surface area contributed by atoms with Crippen LogP contribution in [0.15, 0.2) is 29.3 Å². The quantitative estimate of drug-likeness (QED) is 0.583. The van der Waals surface area contributed by atoms with Gasteiger partial charge in [-0.3, -0.25) is 9.71 Å². The maximum absolute atomic E-state index is 5.89. The zero-order valence-electron chi connectivity index (χ0n) is 10.5. The molecule has 0 spiro atoms. The van der Waals surface area contributed by atoms with Gasteiger partial charge in [0.25, 0.3) is 0 Å². The lowest BCUT2D eigenvalue weighted by atomic mass is 9.84. The van der Waals surface area contributed by atoms with E-state index in [-0.39, 0.29) is 12.4 Å². The number of benzene rings is 1. The summed E-state index contributed by atoms with van der Waals surface area (Å²) in [6.07, 6.45) is 2.19. The van der Waals surface area contributed by atoms with Gasteiger partial charge in [0.1, 0.15) is 0 Å². The van der Waals surface area contributed by atoms with Crippen LogP contribution in [-0.4, -0.2) is 17.0 Å². The third-order valence-corrected chi connectivity index (χ3v) is 6.22. The van der Waals surface area contributed by atoms with E-state index in [1.165, 1.54) is 5.71 Å². The summed E-state index contributed by atoms with van der Waals surface area (Å²) in [5.74, 6) is 0.664. The third-order valence-electron chi connectivity index (χ3n) is 3.48. The molecule has 0 aromatic heterocycles. The molecule has 0 amide bonds. The van der Waals surface area contributed by atoms with Crippen molar-refractivity contribution in [2.75, 3.05) is 0 Å². The van der Waals surface area contributed by atoms with Crippen molar-refractivity contribution in [3.8, 4) is 0 Å². The molecule has 3 rings (SSSR count). The molecule has 2 aliphatic rings. The van der Waals surface area contributed by atoms with Crippen molar-refractivity contribution in [1.29, 1.82) is 0 Å². The lowest BCUT2D eigenvalue weighted by molar-refractivity contribution is 0.416. The van der Waals surface area contributed by atoms with Gasteiger partial charge in [-0.15, -0.1) is 12.4 Å². The number of fused-ring (bicyclic) bond motifs is 1. The number of halogens is 2. The smallest absolute Gasteiger partial charge is 0.0630 e. The highest BCUT2D eigenvalue weighted by Gasteiger charge is 2.38. The minimum Gasteiger partial charge on any atom is -0.258 e. The van der Waals surface area contributed by atoms with Crippen molar-refractivity contribution in [3.05, 3.63) is 29.3 Å². The molecule has 1 saturated carbocycles. The highest BCUT2D eigenvalue weighted by Crippen LogP contribution is 2.43. The summed E-state index contributed by atoms with van der Waals surface area (Å²) in [6.45, 7) is 2.31. The highest BCUT2D eigenvalue weighted by molar-refractivity contribution is 8.76. The maximum Gasteiger partial charge on any atom is 0.0630 e. The van der Waals surface area contributed by atoms with Gasteiger partial charge in [-0.1, -0.05) is 29.3 Å². The molecule has 1 N–H and O–H groups in total. The van der Waals surface area contributed by atoms with Crippen LogP contribution in [-0.2, 0) is 0 Å². The fraction of sp³-hybridized carbons (Fsp3) is 0.462. The summed E-state index contributed by atoms with van der Waals surface area (Å²) >= 11 is 5.89. The Labute approximate surface area is 133 Å². The number of rotatable bonds is 1. The topological polar surface area (TPSA) is 24.4 Å². The van der Waals surface area contributed by atoms with Crippen molar-refractivity contribution >= 4 is 57.2 Å². The maximum atomic E-state index is 5.89. The van der Waals surface area contributed by atoms with Crippen LogP contribution < -0.4 is 4.72 Å². The van der Waals surface area contributed by atoms with E-state index in [1.54, 1.807) is 11.0 Å². The van der Waals surface area contributed by atoms with E-state index < -0.39 is 0 Å². The molecule has 19 heavy (non-hydrogen) atoms. The molecule has 2 fully saturated rings. The standard InChI is InChI=1S/C13H15ClN2S2.ClH/c1-8-6-11(7-12-13(8)16-18-17-12)15-10-4-2-9(14)3-5-10;/h2-5,8,12-13,16H,6-7H2,1H3;1H. The molecule has 1 aliphatic carbocycles. The summed E-state index contributed by atoms with van der Waals surface area (Å²) in [5, 5.41) is 1.44. The average molecular weight is 335 g/mol. The van der Waals surface area contributed by atoms with Crippen molar-refractivity contribution < 1.29 is 0 Å². The first-order valence-corrected chi connectivity index (χ1v) is 8.71. The second-order valence-electron chi connectivity index (χ2n) is 4.90. The Bertz CT molecular complexity index is 464. The Morgan fingerprint density at radius 1 is 1.26 bits per heavy atom. The number of hydrogen-bond acceptors (Lipinski definition) is 4. The lowest BCUT2D eigenvalue weighted by Crippen LogP contribution is -2.41. The SMILES string of the molecule is CC1CC(=Nc2ccc(Cl)cc2)CC2SSNC12.Cl. The van der Waals surface area contributed by atoms with E-state index >= 15 is 0 Å². The average Bonchev–Trinajstić information content (AvgIpc) is 2.81. The van der Waals surface area contributed by atoms with E-state index in [0.29, 0.717) is 17.2 Å². The minimum absolute atomic E-state index is 0. The van der Waals surface area contributed by atoms with Crippen molar-refractivity contribution in [1.82, 2.24) is 4.72 Å². The van der Waals surface area contributed by atoms with Gasteiger partial charge in [0, 0.05) is 28.4 Å². The summed E-state index contributed by atoms with van der Waals surface area (Å²) < 4.78 is 3.51. The first kappa shape index (κ1) is 15.5. The van der Waals surface area contributed by atoms with Crippen LogP contribution >= 0.6 is 45.8 Å². The number of nitrogens with zero attached hydrogens (tertiary/aromatic N) is 1. The molecule has 0 radical (unpaired) electrons. The molecule has 1 aromatic carbocycles. The molecule has 1 aromatic rings. The first-order valence-electron chi connectivity index (χ1n) is 6.12. The van der Waals surface area contributed by atoms with Crippen LogP contribution in [0.3, 0.4) is 0 Å². The molecule has 104 valence electrons. The van der Waals surface area contributed by atoms with Crippen LogP contribution in [0.1, 0.15) is 19.8 Å². The van der Waals surface area contributed by atoms with Gasteiger partial charge in [0.05, 0.1) is 5.69 Å². The molecular formula is C13H16Cl2N2S2. The minimum atomic E-state index is 0. The Kier molecular flexibility index (Phi) is 5.49. The fourth-order valence-corrected chi connectivity index (χ4v) is 5.58. The third kappa shape index (κ3) is 3.61. The molecular weight excluding hydrogens is 319 g/mol. The molecule has 1 heterocycles. The Balaban J connectivity index is 0.00000133. The zero-order chi connectivity index (χ0) is 12.5. The van der Waals surface area contributed by atoms with Crippen molar-refractivity contribution in [2.45, 2.75) is 31.1 Å². The first-order chi connectivity index (χ1) is 8.72.